The van der Waals surface area contributed by atoms with Gasteiger partial charge in [-0.15, -0.1) is 0 Å². The summed E-state index contributed by atoms with van der Waals surface area (Å²) in [5.41, 5.74) is 0. The second kappa shape index (κ2) is 31.5. The van der Waals surface area contributed by atoms with Crippen LogP contribution in [0.25, 0.3) is 0 Å². The van der Waals surface area contributed by atoms with Gasteiger partial charge in [-0.2, -0.15) is 0 Å². The fourth-order valence-corrected chi connectivity index (χ4v) is 3.05. The van der Waals surface area contributed by atoms with Crippen molar-refractivity contribution >= 4 is 30.5 Å². The van der Waals surface area contributed by atoms with Crippen LogP contribution in [0.1, 0.15) is 119 Å². The van der Waals surface area contributed by atoms with Crippen molar-refractivity contribution in [3.8, 4) is 0 Å². The molecule has 0 saturated heterocycles. The minimum atomic E-state index is -0.893. The van der Waals surface area contributed by atoms with Crippen LogP contribution in [-0.2, 0) is 36.8 Å². The van der Waals surface area contributed by atoms with Gasteiger partial charge in [-0.1, -0.05) is 80.1 Å². The number of carboxylic acids is 3. The summed E-state index contributed by atoms with van der Waals surface area (Å²) in [6.45, 7) is 12.6. The Morgan fingerprint density at radius 3 is 1.08 bits per heavy atom. The van der Waals surface area contributed by atoms with Gasteiger partial charge in [-0.3, -0.25) is 4.99 Å². The van der Waals surface area contributed by atoms with Gasteiger partial charge in [0.05, 0.1) is 6.54 Å². The molecule has 0 spiro atoms. The van der Waals surface area contributed by atoms with Gasteiger partial charge in [0.25, 0.3) is 0 Å². The van der Waals surface area contributed by atoms with E-state index < -0.39 is 17.9 Å². The first-order chi connectivity index (χ1) is 16.7. The van der Waals surface area contributed by atoms with Crippen molar-refractivity contribution in [2.75, 3.05) is 6.54 Å². The fourth-order valence-electron chi connectivity index (χ4n) is 3.05. The molecule has 0 fully saturated rings. The van der Waals surface area contributed by atoms with E-state index in [1.807, 2.05) is 20.8 Å². The van der Waals surface area contributed by atoms with Gasteiger partial charge in [-0.25, -0.2) is 4.99 Å². The van der Waals surface area contributed by atoms with E-state index in [2.05, 4.69) is 30.8 Å². The van der Waals surface area contributed by atoms with Crippen molar-refractivity contribution in [2.45, 2.75) is 119 Å². The van der Waals surface area contributed by atoms with Gasteiger partial charge in [0.1, 0.15) is 6.34 Å². The quantitative estimate of drug-likeness (QED) is 0.241. The number of aliphatic imine (C=N–C) groups is 2. The maximum Gasteiger partial charge on any atom is 3.00 e. The monoisotopic (exact) mass is 694 g/mol. The molecule has 1 aliphatic heterocycles. The summed E-state index contributed by atoms with van der Waals surface area (Å²) >= 11 is 0. The smallest absolute Gasteiger partial charge is 0.550 e. The summed E-state index contributed by atoms with van der Waals surface area (Å²) in [5, 5.41) is 31.0. The molecule has 0 radical (unpaired) electrons. The van der Waals surface area contributed by atoms with E-state index >= 15 is 0 Å². The summed E-state index contributed by atoms with van der Waals surface area (Å²) in [4.78, 5) is 38.4. The Hall–Kier alpha value is -1.51. The second-order valence-corrected chi connectivity index (χ2v) is 8.51. The van der Waals surface area contributed by atoms with Crippen LogP contribution in [0, 0.1) is 17.8 Å². The number of unbranched alkanes of at least 4 members (excludes halogenated alkanes) is 3. The number of carbonyl (C=O) groups is 3. The molecule has 0 N–H and O–H groups in total. The topological polar surface area (TPSA) is 145 Å². The van der Waals surface area contributed by atoms with Crippen LogP contribution < -0.4 is 15.3 Å². The Bertz CT molecular complexity index is 513. The predicted molar refractivity (Wildman–Crippen MR) is 137 cm³/mol. The average Bonchev–Trinajstić information content (AvgIpc) is 3.41. The summed E-state index contributed by atoms with van der Waals surface area (Å²) in [6, 6.07) is 0. The van der Waals surface area contributed by atoms with Crippen LogP contribution in [0.4, 0.5) is 0 Å². The Labute approximate surface area is 235 Å². The molecule has 0 bridgehead atoms. The minimum Gasteiger partial charge on any atom is -0.550 e. The van der Waals surface area contributed by atoms with Crippen molar-refractivity contribution in [2.24, 2.45) is 27.7 Å². The number of hydrogen-bond acceptors (Lipinski definition) is 8. The van der Waals surface area contributed by atoms with Crippen molar-refractivity contribution in [1.29, 1.82) is 0 Å². The van der Waals surface area contributed by atoms with Crippen LogP contribution in [0.15, 0.2) is 9.98 Å². The Morgan fingerprint density at radius 2 is 0.972 bits per heavy atom. The zero-order valence-electron chi connectivity index (χ0n) is 23.2. The molecule has 1 heterocycles. The van der Waals surface area contributed by atoms with Gasteiger partial charge < -0.3 is 29.7 Å². The van der Waals surface area contributed by atoms with Crippen LogP contribution in [0.3, 0.4) is 0 Å². The number of carbonyl (C=O) groups excluding carboxylic acids is 3. The molecule has 0 aromatic carbocycles. The van der Waals surface area contributed by atoms with Gasteiger partial charge in [0.2, 0.25) is 0 Å². The van der Waals surface area contributed by atoms with E-state index in [0.717, 1.165) is 64.3 Å². The molecule has 0 aromatic heterocycles. The van der Waals surface area contributed by atoms with E-state index in [1.54, 1.807) is 12.6 Å². The third kappa shape index (κ3) is 28.7. The van der Waals surface area contributed by atoms with E-state index in [9.17, 15) is 29.7 Å². The molecule has 1 rings (SSSR count). The zero-order valence-corrected chi connectivity index (χ0v) is 25.4. The first-order valence-corrected chi connectivity index (χ1v) is 13.3. The summed E-state index contributed by atoms with van der Waals surface area (Å²) in [7, 11) is 0. The van der Waals surface area contributed by atoms with E-state index in [0.29, 0.717) is 19.3 Å². The minimum absolute atomic E-state index is 0. The SMILES string of the molecule is C1=NC=NC1.CCCCC(CC)C(=O)[O-].CCCCC(CC)C(=O)[O-].CCCCC(CC)C(=O)[O-].[Au+3]. The number of aliphatic carboxylic acids is 3. The second-order valence-electron chi connectivity index (χ2n) is 8.51. The first kappa shape index (κ1) is 41.6. The average molecular weight is 695 g/mol. The van der Waals surface area contributed by atoms with Gasteiger partial charge in [0, 0.05) is 24.1 Å². The van der Waals surface area contributed by atoms with Crippen LogP contribution in [0.5, 0.6) is 0 Å². The van der Waals surface area contributed by atoms with Crippen molar-refractivity contribution < 1.29 is 52.1 Å². The molecule has 9 heteroatoms. The third-order valence-electron chi connectivity index (χ3n) is 5.64. The normalized spacial score (nSPS) is 13.3. The standard InChI is InChI=1S/3C8H16O2.C3H4N2.Au/c3*1-3-5-6-7(4-2)8(9)10;1-2-5-3-4-1;/h3*7H,3-6H2,1-2H3,(H,9,10);1,3H,2H2;/q;;;;+3/p-3. The molecule has 3 unspecified atom stereocenters. The van der Waals surface area contributed by atoms with Crippen molar-refractivity contribution in [1.82, 2.24) is 0 Å². The predicted octanol–water partition coefficient (Wildman–Crippen LogP) is 2.95. The summed E-state index contributed by atoms with van der Waals surface area (Å²) < 4.78 is 0. The van der Waals surface area contributed by atoms with Crippen LogP contribution in [0.2, 0.25) is 0 Å². The van der Waals surface area contributed by atoms with Gasteiger partial charge in [-0.05, 0) is 56.3 Å². The zero-order chi connectivity index (χ0) is 27.5. The van der Waals surface area contributed by atoms with E-state index in [1.165, 1.54) is 0 Å². The molecule has 0 aromatic rings. The number of nitrogens with zero attached hydrogens (tertiary/aromatic N) is 2. The van der Waals surface area contributed by atoms with Crippen molar-refractivity contribution in [3.05, 3.63) is 0 Å². The Morgan fingerprint density at radius 1 is 0.667 bits per heavy atom. The molecule has 36 heavy (non-hydrogen) atoms. The molecule has 214 valence electrons. The molecule has 1 aliphatic rings. The van der Waals surface area contributed by atoms with Crippen LogP contribution in [-0.4, -0.2) is 37.0 Å². The van der Waals surface area contributed by atoms with Gasteiger partial charge in [0.15, 0.2) is 0 Å². The molecule has 0 amide bonds. The molecular weight excluding hydrogens is 645 g/mol. The summed E-state index contributed by atoms with van der Waals surface area (Å²) in [5.74, 6) is -3.34. The Kier molecular flexibility index (Phi) is 36.4. The maximum absolute atomic E-state index is 10.3. The molecule has 3 atom stereocenters. The van der Waals surface area contributed by atoms with Crippen LogP contribution >= 0.6 is 0 Å². The molecular formula is C27H49AuN2O6. The molecule has 0 aliphatic carbocycles. The molecule has 8 nitrogen and oxygen atoms in total. The number of carboxylic acid groups (broad SMARTS) is 3. The van der Waals surface area contributed by atoms with Crippen molar-refractivity contribution in [3.63, 3.8) is 0 Å². The fraction of sp³-hybridized carbons (Fsp3) is 0.815. The summed E-state index contributed by atoms with van der Waals surface area (Å²) in [6.07, 6.45) is 13.9. The van der Waals surface area contributed by atoms with E-state index in [-0.39, 0.29) is 40.1 Å². The third-order valence-corrected chi connectivity index (χ3v) is 5.64. The van der Waals surface area contributed by atoms with Gasteiger partial charge >= 0.3 is 22.4 Å². The Balaban J connectivity index is -0.000000192. The number of rotatable bonds is 15. The first-order valence-electron chi connectivity index (χ1n) is 13.3. The van der Waals surface area contributed by atoms with E-state index in [4.69, 9.17) is 0 Å². The number of hydrogen-bond donors (Lipinski definition) is 0. The maximum atomic E-state index is 10.3. The molecule has 0 saturated carbocycles. The largest absolute Gasteiger partial charge is 3.00 e.